The second-order valence-corrected chi connectivity index (χ2v) is 6.75. The van der Waals surface area contributed by atoms with Crippen molar-refractivity contribution in [2.75, 3.05) is 26.1 Å². The number of alkyl halides is 1. The first-order chi connectivity index (χ1) is 11.2. The molecule has 0 aliphatic carbocycles. The van der Waals surface area contributed by atoms with Crippen LogP contribution in [0.25, 0.3) is 0 Å². The van der Waals surface area contributed by atoms with Crippen molar-refractivity contribution < 1.29 is 4.74 Å². The van der Waals surface area contributed by atoms with Gasteiger partial charge in [-0.1, -0.05) is 48.0 Å². The lowest BCUT2D eigenvalue weighted by Gasteiger charge is -2.20. The van der Waals surface area contributed by atoms with E-state index in [1.54, 1.807) is 7.11 Å². The quantitative estimate of drug-likeness (QED) is 0.751. The van der Waals surface area contributed by atoms with Crippen molar-refractivity contribution in [2.24, 2.45) is 5.92 Å². The second-order valence-electron chi connectivity index (χ2n) is 6.45. The number of halogens is 1. The Hall–Kier alpha value is -1.51. The summed E-state index contributed by atoms with van der Waals surface area (Å²) < 4.78 is 5.60. The highest BCUT2D eigenvalue weighted by Crippen LogP contribution is 2.39. The monoisotopic (exact) mass is 329 g/mol. The van der Waals surface area contributed by atoms with Crippen molar-refractivity contribution >= 4 is 11.6 Å². The minimum atomic E-state index is 0.436. The Morgan fingerprint density at radius 3 is 2.61 bits per heavy atom. The van der Waals surface area contributed by atoms with Crippen molar-refractivity contribution in [3.05, 3.63) is 65.2 Å². The largest absolute Gasteiger partial charge is 0.496 e. The fraction of sp³-hybridized carbons (Fsp3) is 0.400. The fourth-order valence-corrected chi connectivity index (χ4v) is 3.90. The van der Waals surface area contributed by atoms with E-state index in [4.69, 9.17) is 16.3 Å². The molecule has 1 heterocycles. The summed E-state index contributed by atoms with van der Waals surface area (Å²) in [4.78, 5) is 2.51. The Morgan fingerprint density at radius 1 is 1.13 bits per heavy atom. The van der Waals surface area contributed by atoms with Gasteiger partial charge >= 0.3 is 0 Å². The van der Waals surface area contributed by atoms with Crippen molar-refractivity contribution in [1.82, 2.24) is 4.90 Å². The SMILES string of the molecule is COc1ccc(C)cc1[C@@H]1CN(Cc2ccccc2)C[C@@H]1CCl. The highest BCUT2D eigenvalue weighted by molar-refractivity contribution is 6.18. The Labute approximate surface area is 144 Å². The standard InChI is InChI=1S/C20H24ClNO/c1-15-8-9-20(23-2)18(10-15)19-14-22(13-17(19)11-21)12-16-6-4-3-5-7-16/h3-10,17,19H,11-14H2,1-2H3/t17-,19+/m0/s1. The molecule has 1 saturated heterocycles. The number of aryl methyl sites for hydroxylation is 1. The van der Waals surface area contributed by atoms with Crippen molar-refractivity contribution in [2.45, 2.75) is 19.4 Å². The summed E-state index contributed by atoms with van der Waals surface area (Å²) in [5.41, 5.74) is 3.93. The highest BCUT2D eigenvalue weighted by atomic mass is 35.5. The summed E-state index contributed by atoms with van der Waals surface area (Å²) in [6.07, 6.45) is 0. The average Bonchev–Trinajstić information content (AvgIpc) is 2.98. The summed E-state index contributed by atoms with van der Waals surface area (Å²) in [7, 11) is 1.75. The first-order valence-corrected chi connectivity index (χ1v) is 8.71. The lowest BCUT2D eigenvalue weighted by Crippen LogP contribution is -2.20. The molecule has 2 aromatic rings. The van der Waals surface area contributed by atoms with E-state index in [-0.39, 0.29) is 0 Å². The van der Waals surface area contributed by atoms with Crippen LogP contribution < -0.4 is 4.74 Å². The molecule has 0 spiro atoms. The molecule has 1 fully saturated rings. The second kappa shape index (κ2) is 7.37. The van der Waals surface area contributed by atoms with Gasteiger partial charge in [-0.15, -0.1) is 11.6 Å². The minimum absolute atomic E-state index is 0.436. The number of ether oxygens (including phenoxy) is 1. The molecule has 0 N–H and O–H groups in total. The van der Waals surface area contributed by atoms with Crippen LogP contribution in [0, 0.1) is 12.8 Å². The first kappa shape index (κ1) is 16.4. The van der Waals surface area contributed by atoms with Crippen LogP contribution in [0.15, 0.2) is 48.5 Å². The van der Waals surface area contributed by atoms with E-state index < -0.39 is 0 Å². The van der Waals surface area contributed by atoms with Crippen LogP contribution in [0.3, 0.4) is 0 Å². The fourth-order valence-electron chi connectivity index (χ4n) is 3.58. The molecule has 2 aromatic carbocycles. The smallest absolute Gasteiger partial charge is 0.122 e. The van der Waals surface area contributed by atoms with E-state index in [1.807, 2.05) is 0 Å². The van der Waals surface area contributed by atoms with Gasteiger partial charge < -0.3 is 4.74 Å². The van der Waals surface area contributed by atoms with Crippen LogP contribution in [-0.2, 0) is 6.54 Å². The third kappa shape index (κ3) is 3.70. The van der Waals surface area contributed by atoms with Gasteiger partial charge in [-0.2, -0.15) is 0 Å². The number of hydrogen-bond donors (Lipinski definition) is 0. The molecule has 0 bridgehead atoms. The van der Waals surface area contributed by atoms with Gasteiger partial charge in [0.15, 0.2) is 0 Å². The van der Waals surface area contributed by atoms with E-state index in [0.29, 0.717) is 17.7 Å². The first-order valence-electron chi connectivity index (χ1n) is 8.18. The number of hydrogen-bond acceptors (Lipinski definition) is 2. The van der Waals surface area contributed by atoms with Crippen LogP contribution in [0.1, 0.15) is 22.6 Å². The zero-order valence-electron chi connectivity index (χ0n) is 13.8. The van der Waals surface area contributed by atoms with E-state index in [2.05, 4.69) is 60.4 Å². The predicted molar refractivity (Wildman–Crippen MR) is 96.4 cm³/mol. The molecule has 0 saturated carbocycles. The Bertz CT molecular complexity index is 643. The van der Waals surface area contributed by atoms with Gasteiger partial charge in [-0.05, 0) is 30.0 Å². The van der Waals surface area contributed by atoms with Crippen LogP contribution in [0.5, 0.6) is 5.75 Å². The molecule has 1 aliphatic rings. The number of nitrogens with zero attached hydrogens (tertiary/aromatic N) is 1. The van der Waals surface area contributed by atoms with E-state index in [0.717, 1.165) is 25.4 Å². The lowest BCUT2D eigenvalue weighted by atomic mass is 9.88. The molecular formula is C20H24ClNO. The highest BCUT2D eigenvalue weighted by Gasteiger charge is 2.34. The van der Waals surface area contributed by atoms with Gasteiger partial charge in [0.1, 0.15) is 5.75 Å². The number of methoxy groups -OCH3 is 1. The Balaban J connectivity index is 1.81. The predicted octanol–water partition coefficient (Wildman–Crippen LogP) is 4.46. The van der Waals surface area contributed by atoms with Gasteiger partial charge in [0.2, 0.25) is 0 Å². The zero-order valence-corrected chi connectivity index (χ0v) is 14.6. The van der Waals surface area contributed by atoms with E-state index >= 15 is 0 Å². The van der Waals surface area contributed by atoms with Crippen LogP contribution in [0.4, 0.5) is 0 Å². The summed E-state index contributed by atoms with van der Waals surface area (Å²) >= 11 is 6.29. The normalized spacial score (nSPS) is 21.5. The van der Waals surface area contributed by atoms with Crippen LogP contribution in [-0.4, -0.2) is 31.0 Å². The maximum atomic E-state index is 6.29. The Kier molecular flexibility index (Phi) is 5.24. The van der Waals surface area contributed by atoms with Gasteiger partial charge in [0.25, 0.3) is 0 Å². The van der Waals surface area contributed by atoms with Crippen molar-refractivity contribution in [1.29, 1.82) is 0 Å². The summed E-state index contributed by atoms with van der Waals surface area (Å²) in [5, 5.41) is 0. The molecule has 0 radical (unpaired) electrons. The van der Waals surface area contributed by atoms with Gasteiger partial charge in [-0.3, -0.25) is 4.90 Å². The molecule has 2 atom stereocenters. The molecule has 0 unspecified atom stereocenters. The summed E-state index contributed by atoms with van der Waals surface area (Å²) in [6.45, 7) is 5.19. The molecule has 23 heavy (non-hydrogen) atoms. The lowest BCUT2D eigenvalue weighted by molar-refractivity contribution is 0.319. The zero-order chi connectivity index (χ0) is 16.2. The average molecular weight is 330 g/mol. The molecular weight excluding hydrogens is 306 g/mol. The maximum Gasteiger partial charge on any atom is 0.122 e. The number of benzene rings is 2. The topological polar surface area (TPSA) is 12.5 Å². The van der Waals surface area contributed by atoms with Crippen LogP contribution in [0.2, 0.25) is 0 Å². The molecule has 3 rings (SSSR count). The van der Waals surface area contributed by atoms with Crippen molar-refractivity contribution in [3.8, 4) is 5.75 Å². The summed E-state index contributed by atoms with van der Waals surface area (Å²) in [6, 6.07) is 17.1. The molecule has 3 heteroatoms. The summed E-state index contributed by atoms with van der Waals surface area (Å²) in [5.74, 6) is 2.58. The Morgan fingerprint density at radius 2 is 1.91 bits per heavy atom. The van der Waals surface area contributed by atoms with Gasteiger partial charge in [-0.25, -0.2) is 0 Å². The molecule has 2 nitrogen and oxygen atoms in total. The van der Waals surface area contributed by atoms with E-state index in [1.165, 1.54) is 16.7 Å². The third-order valence-corrected chi connectivity index (χ3v) is 5.14. The van der Waals surface area contributed by atoms with Crippen molar-refractivity contribution in [3.63, 3.8) is 0 Å². The van der Waals surface area contributed by atoms with Gasteiger partial charge in [0, 0.05) is 31.4 Å². The number of rotatable bonds is 5. The molecule has 1 aliphatic heterocycles. The number of likely N-dealkylation sites (tertiary alicyclic amines) is 1. The van der Waals surface area contributed by atoms with Gasteiger partial charge in [0.05, 0.1) is 7.11 Å². The minimum Gasteiger partial charge on any atom is -0.496 e. The molecule has 0 amide bonds. The molecule has 122 valence electrons. The van der Waals surface area contributed by atoms with Crippen LogP contribution >= 0.6 is 11.6 Å². The maximum absolute atomic E-state index is 6.29. The van der Waals surface area contributed by atoms with E-state index in [9.17, 15) is 0 Å². The third-order valence-electron chi connectivity index (χ3n) is 4.75. The molecule has 0 aromatic heterocycles.